The lowest BCUT2D eigenvalue weighted by molar-refractivity contribution is -0.144. The van der Waals surface area contributed by atoms with Crippen molar-refractivity contribution in [2.75, 3.05) is 44.5 Å². The predicted molar refractivity (Wildman–Crippen MR) is 263 cm³/mol. The fourth-order valence-electron chi connectivity index (χ4n) is 8.45. The van der Waals surface area contributed by atoms with Crippen LogP contribution in [0, 0.1) is 23.7 Å². The van der Waals surface area contributed by atoms with Crippen LogP contribution >= 0.6 is 23.6 Å². The standard InChI is InChI=1S/C50H61F3N8O8S2/c1-31-42(71-30-57-31)33-13-11-32(12-14-33)26-56-44(64)40-24-36(62)28-59(40)45(65)43(48(2,3)4)58-41(63)29-68-21-10-20-67-19-8-7-9-22-69-37-17-15-34(16-18-37)61-47(70)60(46(66)49(61,5)6)35-23-38(50(51,52)53)39(25-54)55-27-35/h11-17,23,27,30,36-37,40,43,62H,7-10,18-22,24,26,28-29H2,1-6H3,(H,56,64)(H,58,63)/t36-,37?,40+,43-/m1/s1. The number of hydrogen-bond donors (Lipinski definition) is 3. The molecule has 71 heavy (non-hydrogen) atoms. The summed E-state index contributed by atoms with van der Waals surface area (Å²) < 4.78 is 58.4. The van der Waals surface area contributed by atoms with E-state index in [0.717, 1.165) is 52.1 Å². The minimum Gasteiger partial charge on any atom is -0.391 e. The molecule has 1 unspecified atom stereocenters. The number of likely N-dealkylation sites (tertiary alicyclic amines) is 1. The van der Waals surface area contributed by atoms with Crippen LogP contribution in [0.3, 0.4) is 0 Å². The number of aliphatic hydroxyl groups is 1. The number of hydrogen-bond acceptors (Lipinski definition) is 13. The van der Waals surface area contributed by atoms with Crippen molar-refractivity contribution in [2.45, 2.75) is 123 Å². The van der Waals surface area contributed by atoms with Gasteiger partial charge in [-0.1, -0.05) is 57.2 Å². The van der Waals surface area contributed by atoms with Crippen LogP contribution in [0.2, 0.25) is 0 Å². The molecule has 1 aliphatic carbocycles. The van der Waals surface area contributed by atoms with E-state index in [-0.39, 0.29) is 55.5 Å². The lowest BCUT2D eigenvalue weighted by Crippen LogP contribution is -2.58. The summed E-state index contributed by atoms with van der Waals surface area (Å²) in [7, 11) is 0. The zero-order valence-corrected chi connectivity index (χ0v) is 42.3. The number of rotatable bonds is 21. The average Bonchev–Trinajstić information content (AvgIpc) is 3.99. The van der Waals surface area contributed by atoms with E-state index in [1.54, 1.807) is 41.7 Å². The van der Waals surface area contributed by atoms with Gasteiger partial charge in [0.15, 0.2) is 10.8 Å². The molecule has 2 aromatic heterocycles. The Balaban J connectivity index is 0.837. The number of anilines is 1. The first kappa shape index (κ1) is 54.7. The third-order valence-electron chi connectivity index (χ3n) is 12.3. The Morgan fingerprint density at radius 2 is 1.75 bits per heavy atom. The van der Waals surface area contributed by atoms with Crippen molar-refractivity contribution in [1.29, 1.82) is 5.26 Å². The molecule has 0 saturated carbocycles. The van der Waals surface area contributed by atoms with Crippen LogP contribution in [0.15, 0.2) is 66.0 Å². The molecule has 4 amide bonds. The fraction of sp³-hybridized carbons (Fsp3) is 0.520. The topological polar surface area (TPSA) is 200 Å². The normalized spacial score (nSPS) is 19.5. The number of unbranched alkanes of at least 4 members (excludes halogenated alkanes) is 2. The number of aromatic nitrogens is 2. The van der Waals surface area contributed by atoms with Crippen LogP contribution in [0.5, 0.6) is 0 Å². The highest BCUT2D eigenvalue weighted by atomic mass is 32.1. The minimum absolute atomic E-state index is 0.0101. The van der Waals surface area contributed by atoms with E-state index in [2.05, 4.69) is 20.6 Å². The van der Waals surface area contributed by atoms with E-state index >= 15 is 0 Å². The lowest BCUT2D eigenvalue weighted by Gasteiger charge is -2.35. The van der Waals surface area contributed by atoms with Gasteiger partial charge in [0, 0.05) is 51.6 Å². The van der Waals surface area contributed by atoms with Crippen molar-refractivity contribution in [3.8, 4) is 16.5 Å². The third-order valence-corrected chi connectivity index (χ3v) is 13.6. The maximum absolute atomic E-state index is 13.9. The van der Waals surface area contributed by atoms with Crippen LogP contribution in [0.25, 0.3) is 10.4 Å². The first-order valence-corrected chi connectivity index (χ1v) is 24.8. The van der Waals surface area contributed by atoms with Gasteiger partial charge in [-0.2, -0.15) is 18.4 Å². The molecule has 0 bridgehead atoms. The Hall–Kier alpha value is -5.63. The van der Waals surface area contributed by atoms with Crippen LogP contribution in [0.1, 0.15) is 95.7 Å². The number of alkyl halides is 3. The Kier molecular flexibility index (Phi) is 18.3. The van der Waals surface area contributed by atoms with E-state index < -0.39 is 64.3 Å². The molecule has 3 aliphatic rings. The fourth-order valence-corrected chi connectivity index (χ4v) is 9.78. The van der Waals surface area contributed by atoms with Gasteiger partial charge in [0.05, 0.1) is 45.7 Å². The zero-order chi connectivity index (χ0) is 51.7. The molecule has 2 saturated heterocycles. The molecule has 21 heteroatoms. The molecule has 382 valence electrons. The number of aryl methyl sites for hydroxylation is 1. The predicted octanol–water partition coefficient (Wildman–Crippen LogP) is 6.75. The van der Waals surface area contributed by atoms with E-state index in [9.17, 15) is 37.5 Å². The van der Waals surface area contributed by atoms with Crippen LogP contribution in [-0.2, 0) is 46.1 Å². The number of benzene rings is 1. The van der Waals surface area contributed by atoms with Gasteiger partial charge < -0.3 is 39.8 Å². The highest BCUT2D eigenvalue weighted by Gasteiger charge is 2.51. The van der Waals surface area contributed by atoms with Crippen molar-refractivity contribution in [1.82, 2.24) is 30.4 Å². The molecular formula is C50H61F3N8O8S2. The number of nitriles is 1. The SMILES string of the molecule is Cc1ncsc1-c1ccc(CNC(=O)[C@@H]2C[C@@H](O)CN2C(=O)[C@@H](NC(=O)COCCCOCCCCCOC2C=CC(N3C(=S)N(c4cnc(C#N)c(C(F)(F)F)c4)C(=O)C3(C)C)=CC2)C(C)(C)C)cc1. The van der Waals surface area contributed by atoms with Gasteiger partial charge in [-0.15, -0.1) is 11.3 Å². The Morgan fingerprint density at radius 3 is 2.39 bits per heavy atom. The number of carbonyl (C=O) groups excluding carboxylic acids is 4. The number of halogens is 3. The largest absolute Gasteiger partial charge is 0.419 e. The highest BCUT2D eigenvalue weighted by Crippen LogP contribution is 2.39. The Morgan fingerprint density at radius 1 is 1.04 bits per heavy atom. The summed E-state index contributed by atoms with van der Waals surface area (Å²) in [6, 6.07) is 8.10. The monoisotopic (exact) mass is 1020 g/mol. The molecule has 4 heterocycles. The van der Waals surface area contributed by atoms with Crippen molar-refractivity contribution < 1.29 is 51.7 Å². The van der Waals surface area contributed by atoms with Crippen LogP contribution < -0.4 is 15.5 Å². The number of β-amino-alcohol motifs (C(OH)–C–C–N with tert-alkyl or cyclic N) is 1. The van der Waals surface area contributed by atoms with E-state index in [1.165, 1.54) is 11.0 Å². The second-order valence-electron chi connectivity index (χ2n) is 19.2. The number of nitrogens with one attached hydrogen (secondary N) is 2. The average molecular weight is 1020 g/mol. The van der Waals surface area contributed by atoms with Crippen molar-refractivity contribution >= 4 is 58.0 Å². The molecule has 2 aliphatic heterocycles. The van der Waals surface area contributed by atoms with Gasteiger partial charge in [0.2, 0.25) is 17.7 Å². The summed E-state index contributed by atoms with van der Waals surface area (Å²) in [4.78, 5) is 66.9. The number of thiazole rings is 1. The summed E-state index contributed by atoms with van der Waals surface area (Å²) in [6.07, 6.45) is 4.18. The quantitative estimate of drug-likeness (QED) is 0.0749. The Bertz CT molecular complexity index is 2520. The van der Waals surface area contributed by atoms with Gasteiger partial charge in [0.25, 0.3) is 5.91 Å². The van der Waals surface area contributed by atoms with Crippen LogP contribution in [-0.4, -0.2) is 123 Å². The molecule has 16 nitrogen and oxygen atoms in total. The number of nitrogens with zero attached hydrogens (tertiary/aromatic N) is 6. The second kappa shape index (κ2) is 23.7. The maximum atomic E-state index is 13.9. The van der Waals surface area contributed by atoms with Crippen molar-refractivity contribution in [3.63, 3.8) is 0 Å². The second-order valence-corrected chi connectivity index (χ2v) is 20.4. The number of aliphatic hydroxyl groups excluding tert-OH is 1. The Labute approximate surface area is 421 Å². The molecular weight excluding hydrogens is 962 g/mol. The van der Waals surface area contributed by atoms with Gasteiger partial charge in [-0.3, -0.25) is 24.1 Å². The first-order chi connectivity index (χ1) is 33.6. The molecule has 2 fully saturated rings. The number of carbonyl (C=O) groups is 4. The van der Waals surface area contributed by atoms with Crippen molar-refractivity contribution in [2.24, 2.45) is 5.41 Å². The maximum Gasteiger partial charge on any atom is 0.419 e. The molecule has 1 aromatic carbocycles. The molecule has 0 spiro atoms. The minimum atomic E-state index is -4.85. The summed E-state index contributed by atoms with van der Waals surface area (Å²) in [6.45, 7) is 12.4. The highest BCUT2D eigenvalue weighted by molar-refractivity contribution is 7.80. The molecule has 3 aromatic rings. The summed E-state index contributed by atoms with van der Waals surface area (Å²) in [5.74, 6) is -1.85. The summed E-state index contributed by atoms with van der Waals surface area (Å²) in [5.41, 5.74) is 1.12. The molecule has 4 atom stereocenters. The lowest BCUT2D eigenvalue weighted by atomic mass is 9.85. The molecule has 0 radical (unpaired) electrons. The number of ether oxygens (including phenoxy) is 3. The van der Waals surface area contributed by atoms with Gasteiger partial charge in [0.1, 0.15) is 30.3 Å². The molecule has 3 N–H and O–H groups in total. The van der Waals surface area contributed by atoms with E-state index in [1.807, 2.05) is 64.1 Å². The van der Waals surface area contributed by atoms with Gasteiger partial charge >= 0.3 is 6.18 Å². The first-order valence-electron chi connectivity index (χ1n) is 23.5. The number of pyridine rings is 1. The number of thiocarbonyl (C=S) groups is 1. The van der Waals surface area contributed by atoms with Gasteiger partial charge in [-0.25, -0.2) is 9.97 Å². The summed E-state index contributed by atoms with van der Waals surface area (Å²) >= 11 is 7.18. The van der Waals surface area contributed by atoms with E-state index in [0.29, 0.717) is 44.4 Å². The van der Waals surface area contributed by atoms with Gasteiger partial charge in [-0.05, 0) is 93.8 Å². The number of amides is 4. The van der Waals surface area contributed by atoms with Crippen LogP contribution in [0.4, 0.5) is 18.9 Å². The third kappa shape index (κ3) is 13.7. The summed E-state index contributed by atoms with van der Waals surface area (Å²) in [5, 5.41) is 25.4. The number of allylic oxidation sites excluding steroid dienone is 1. The van der Waals surface area contributed by atoms with Crippen molar-refractivity contribution in [3.05, 3.63) is 88.5 Å². The van der Waals surface area contributed by atoms with E-state index in [4.69, 9.17) is 31.7 Å². The smallest absolute Gasteiger partial charge is 0.391 e. The molecule has 6 rings (SSSR count). The zero-order valence-electron chi connectivity index (χ0n) is 40.7.